The Morgan fingerprint density at radius 2 is 2.44 bits per heavy atom. The number of aliphatic imine (C=N–C) groups is 1. The SMILES string of the molecule is CC1CC1C(=O)N=C=S. The molecule has 0 radical (unpaired) electrons. The van der Waals surface area contributed by atoms with Gasteiger partial charge >= 0.3 is 0 Å². The van der Waals surface area contributed by atoms with Gasteiger partial charge in [0.15, 0.2) is 0 Å². The summed E-state index contributed by atoms with van der Waals surface area (Å²) in [7, 11) is 0. The summed E-state index contributed by atoms with van der Waals surface area (Å²) < 4.78 is 0. The normalized spacial score (nSPS) is 30.8. The first kappa shape index (κ1) is 6.59. The zero-order valence-electron chi connectivity index (χ0n) is 5.13. The number of carbonyl (C=O) groups is 1. The number of nitrogens with zero attached hydrogens (tertiary/aromatic N) is 1. The Balaban J connectivity index is 2.45. The van der Waals surface area contributed by atoms with Crippen molar-refractivity contribution >= 4 is 23.3 Å². The first-order chi connectivity index (χ1) is 4.25. The average Bonchev–Trinajstić information content (AvgIpc) is 2.47. The van der Waals surface area contributed by atoms with Crippen molar-refractivity contribution in [3.05, 3.63) is 0 Å². The number of hydrogen-bond donors (Lipinski definition) is 0. The van der Waals surface area contributed by atoms with Gasteiger partial charge in [0.1, 0.15) is 0 Å². The van der Waals surface area contributed by atoms with Gasteiger partial charge in [-0.3, -0.25) is 4.79 Å². The lowest BCUT2D eigenvalue weighted by Crippen LogP contribution is -1.95. The summed E-state index contributed by atoms with van der Waals surface area (Å²) in [6.07, 6.45) is 0.972. The van der Waals surface area contributed by atoms with Gasteiger partial charge in [-0.05, 0) is 24.6 Å². The lowest BCUT2D eigenvalue weighted by molar-refractivity contribution is -0.119. The minimum absolute atomic E-state index is 0.0995. The molecule has 0 aromatic rings. The van der Waals surface area contributed by atoms with Crippen molar-refractivity contribution in [2.24, 2.45) is 16.8 Å². The first-order valence-corrected chi connectivity index (χ1v) is 3.28. The van der Waals surface area contributed by atoms with E-state index >= 15 is 0 Å². The lowest BCUT2D eigenvalue weighted by Gasteiger charge is -1.81. The molecule has 1 saturated carbocycles. The molecule has 3 heteroatoms. The van der Waals surface area contributed by atoms with Gasteiger partial charge in [-0.2, -0.15) is 4.99 Å². The van der Waals surface area contributed by atoms with Crippen molar-refractivity contribution in [2.75, 3.05) is 0 Å². The van der Waals surface area contributed by atoms with Crippen LogP contribution >= 0.6 is 12.2 Å². The van der Waals surface area contributed by atoms with Crippen molar-refractivity contribution < 1.29 is 4.79 Å². The van der Waals surface area contributed by atoms with Crippen LogP contribution in [0.1, 0.15) is 13.3 Å². The van der Waals surface area contributed by atoms with Gasteiger partial charge < -0.3 is 0 Å². The Hall–Kier alpha value is -0.530. The number of thiocarbonyl (C=S) groups is 1. The van der Waals surface area contributed by atoms with E-state index in [0.717, 1.165) is 6.42 Å². The molecule has 2 unspecified atom stereocenters. The predicted octanol–water partition coefficient (Wildman–Crippen LogP) is 1.27. The second kappa shape index (κ2) is 2.38. The first-order valence-electron chi connectivity index (χ1n) is 2.87. The minimum atomic E-state index is -0.0995. The van der Waals surface area contributed by atoms with Crippen LogP contribution < -0.4 is 0 Å². The molecule has 0 aromatic heterocycles. The molecule has 0 heterocycles. The summed E-state index contributed by atoms with van der Waals surface area (Å²) >= 11 is 4.28. The van der Waals surface area contributed by atoms with Gasteiger partial charge in [-0.25, -0.2) is 0 Å². The maximum atomic E-state index is 10.7. The summed E-state index contributed by atoms with van der Waals surface area (Å²) in [6.45, 7) is 2.03. The zero-order valence-corrected chi connectivity index (χ0v) is 5.94. The van der Waals surface area contributed by atoms with Crippen LogP contribution in [0.4, 0.5) is 0 Å². The third-order valence-corrected chi connectivity index (χ3v) is 1.67. The highest BCUT2D eigenvalue weighted by Crippen LogP contribution is 2.38. The van der Waals surface area contributed by atoms with E-state index in [9.17, 15) is 4.79 Å². The molecule has 1 rings (SSSR count). The third kappa shape index (κ3) is 1.44. The minimum Gasteiger partial charge on any atom is -0.272 e. The third-order valence-electron chi connectivity index (χ3n) is 1.58. The molecule has 1 fully saturated rings. The van der Waals surface area contributed by atoms with Crippen LogP contribution in [0, 0.1) is 11.8 Å². The molecule has 1 aliphatic rings. The number of hydrogen-bond acceptors (Lipinski definition) is 2. The quantitative estimate of drug-likeness (QED) is 0.406. The topological polar surface area (TPSA) is 29.4 Å². The molecule has 0 N–H and O–H groups in total. The Morgan fingerprint density at radius 1 is 1.89 bits per heavy atom. The van der Waals surface area contributed by atoms with Crippen molar-refractivity contribution in [1.82, 2.24) is 0 Å². The van der Waals surface area contributed by atoms with Crippen LogP contribution in [0.2, 0.25) is 0 Å². The van der Waals surface area contributed by atoms with Crippen LogP contribution in [0.5, 0.6) is 0 Å². The lowest BCUT2D eigenvalue weighted by atomic mass is 10.3. The van der Waals surface area contributed by atoms with Crippen molar-refractivity contribution in [2.45, 2.75) is 13.3 Å². The molecule has 0 aliphatic heterocycles. The van der Waals surface area contributed by atoms with Crippen LogP contribution in [-0.4, -0.2) is 11.1 Å². The van der Waals surface area contributed by atoms with Crippen LogP contribution in [0.3, 0.4) is 0 Å². The maximum absolute atomic E-state index is 10.7. The van der Waals surface area contributed by atoms with E-state index in [4.69, 9.17) is 0 Å². The van der Waals surface area contributed by atoms with Gasteiger partial charge in [0.05, 0.1) is 5.16 Å². The summed E-state index contributed by atoms with van der Waals surface area (Å²) in [5.41, 5.74) is 0. The Bertz CT molecular complexity index is 183. The maximum Gasteiger partial charge on any atom is 0.257 e. The second-order valence-electron chi connectivity index (χ2n) is 2.36. The summed E-state index contributed by atoms with van der Waals surface area (Å²) in [4.78, 5) is 14.1. The smallest absolute Gasteiger partial charge is 0.257 e. The van der Waals surface area contributed by atoms with Gasteiger partial charge in [0.25, 0.3) is 5.91 Å². The standard InChI is InChI=1S/C6H7NOS/c1-4-2-5(4)6(8)7-3-9/h4-5H,2H2,1H3. The molecule has 0 bridgehead atoms. The second-order valence-corrected chi connectivity index (χ2v) is 2.54. The molecule has 0 spiro atoms. The van der Waals surface area contributed by atoms with E-state index < -0.39 is 0 Å². The molecule has 2 atom stereocenters. The van der Waals surface area contributed by atoms with E-state index in [2.05, 4.69) is 22.4 Å². The molecule has 1 aliphatic carbocycles. The van der Waals surface area contributed by atoms with Gasteiger partial charge in [-0.15, -0.1) is 0 Å². The van der Waals surface area contributed by atoms with Gasteiger partial charge in [-0.1, -0.05) is 6.92 Å². The molecule has 2 nitrogen and oxygen atoms in total. The molecular weight excluding hydrogens is 134 g/mol. The highest BCUT2D eigenvalue weighted by molar-refractivity contribution is 7.78. The molecule has 0 aromatic carbocycles. The number of rotatable bonds is 1. The largest absolute Gasteiger partial charge is 0.272 e. The number of amides is 1. The van der Waals surface area contributed by atoms with Crippen LogP contribution in [0.25, 0.3) is 0 Å². The fraction of sp³-hybridized carbons (Fsp3) is 0.667. The molecule has 1 amide bonds. The zero-order chi connectivity index (χ0) is 6.85. The monoisotopic (exact) mass is 141 g/mol. The molecular formula is C6H7NOS. The van der Waals surface area contributed by atoms with Crippen molar-refractivity contribution in [1.29, 1.82) is 0 Å². The van der Waals surface area contributed by atoms with Gasteiger partial charge in [0, 0.05) is 5.92 Å². The summed E-state index contributed by atoms with van der Waals surface area (Å²) in [6, 6.07) is 0. The summed E-state index contributed by atoms with van der Waals surface area (Å²) in [5.74, 6) is 0.572. The van der Waals surface area contributed by atoms with E-state index in [0.29, 0.717) is 5.92 Å². The Labute approximate surface area is 59.0 Å². The van der Waals surface area contributed by atoms with Gasteiger partial charge in [0.2, 0.25) is 0 Å². The fourth-order valence-corrected chi connectivity index (χ4v) is 0.884. The van der Waals surface area contributed by atoms with E-state index in [-0.39, 0.29) is 11.8 Å². The molecule has 0 saturated heterocycles. The number of carbonyl (C=O) groups excluding carboxylic acids is 1. The van der Waals surface area contributed by atoms with Crippen molar-refractivity contribution in [3.8, 4) is 0 Å². The Kier molecular flexibility index (Phi) is 1.74. The summed E-state index contributed by atoms with van der Waals surface area (Å²) in [5, 5.41) is 2.07. The molecule has 9 heavy (non-hydrogen) atoms. The predicted molar refractivity (Wildman–Crippen MR) is 37.3 cm³/mol. The van der Waals surface area contributed by atoms with E-state index in [1.165, 1.54) is 0 Å². The highest BCUT2D eigenvalue weighted by Gasteiger charge is 2.38. The van der Waals surface area contributed by atoms with Crippen LogP contribution in [0.15, 0.2) is 4.99 Å². The fourth-order valence-electron chi connectivity index (χ4n) is 0.794. The van der Waals surface area contributed by atoms with Crippen LogP contribution in [-0.2, 0) is 4.79 Å². The van der Waals surface area contributed by atoms with E-state index in [1.807, 2.05) is 6.92 Å². The number of isothiocyanates is 1. The van der Waals surface area contributed by atoms with Crippen molar-refractivity contribution in [3.63, 3.8) is 0 Å². The highest BCUT2D eigenvalue weighted by atomic mass is 32.1. The van der Waals surface area contributed by atoms with E-state index in [1.54, 1.807) is 0 Å². The Morgan fingerprint density at radius 3 is 2.78 bits per heavy atom. The molecule has 48 valence electrons. The average molecular weight is 141 g/mol.